The summed E-state index contributed by atoms with van der Waals surface area (Å²) in [4.78, 5) is 8.51. The van der Waals surface area contributed by atoms with Crippen LogP contribution >= 0.6 is 11.8 Å². The van der Waals surface area contributed by atoms with Crippen LogP contribution in [0.4, 0.5) is 10.2 Å². The van der Waals surface area contributed by atoms with Crippen LogP contribution in [0, 0.1) is 11.7 Å². The van der Waals surface area contributed by atoms with Gasteiger partial charge in [-0.2, -0.15) is 17.7 Å². The first kappa shape index (κ1) is 23.7. The van der Waals surface area contributed by atoms with Gasteiger partial charge in [-0.3, -0.25) is 4.72 Å². The van der Waals surface area contributed by atoms with Gasteiger partial charge in [0.15, 0.2) is 5.16 Å². The molecule has 0 unspecified atom stereocenters. The van der Waals surface area contributed by atoms with Crippen LogP contribution in [-0.2, 0) is 16.0 Å². The predicted molar refractivity (Wildman–Crippen MR) is 114 cm³/mol. The largest absolute Gasteiger partial charge is 0.472 e. The monoisotopic (exact) mass is 472 g/mol. The van der Waals surface area contributed by atoms with Crippen molar-refractivity contribution >= 4 is 27.8 Å². The van der Waals surface area contributed by atoms with Crippen molar-refractivity contribution in [3.05, 3.63) is 41.7 Å². The third kappa shape index (κ3) is 6.50. The van der Waals surface area contributed by atoms with Crippen molar-refractivity contribution in [2.24, 2.45) is 5.92 Å². The Morgan fingerprint density at radius 3 is 2.61 bits per heavy atom. The molecule has 0 saturated carbocycles. The summed E-state index contributed by atoms with van der Waals surface area (Å²) in [6.45, 7) is 3.87. The molecule has 1 fully saturated rings. The number of rotatable bonds is 10. The molecule has 1 saturated heterocycles. The molecule has 2 atom stereocenters. The van der Waals surface area contributed by atoms with Gasteiger partial charge >= 0.3 is 10.2 Å². The van der Waals surface area contributed by atoms with Gasteiger partial charge in [0.05, 0.1) is 6.61 Å². The molecule has 0 radical (unpaired) electrons. The van der Waals surface area contributed by atoms with Crippen LogP contribution in [0.15, 0.2) is 35.5 Å². The van der Waals surface area contributed by atoms with E-state index in [1.54, 1.807) is 19.1 Å². The molecule has 1 aliphatic heterocycles. The Labute approximate surface area is 184 Å². The average molecular weight is 473 g/mol. The van der Waals surface area contributed by atoms with Crippen molar-refractivity contribution in [3.8, 4) is 5.88 Å². The molecule has 1 aromatic heterocycles. The maximum Gasteiger partial charge on any atom is 0.302 e. The van der Waals surface area contributed by atoms with Crippen molar-refractivity contribution < 1.29 is 27.8 Å². The Morgan fingerprint density at radius 2 is 2.00 bits per heavy atom. The van der Waals surface area contributed by atoms with Crippen LogP contribution in [0.1, 0.15) is 19.4 Å². The molecule has 3 rings (SSSR count). The zero-order valence-corrected chi connectivity index (χ0v) is 18.7. The molecule has 0 bridgehead atoms. The lowest BCUT2D eigenvalue weighted by Gasteiger charge is -2.35. The quantitative estimate of drug-likeness (QED) is 0.352. The summed E-state index contributed by atoms with van der Waals surface area (Å²) in [5, 5.41) is 19.1. The number of ether oxygens (including phenoxy) is 1. The molecule has 1 aliphatic rings. The molecule has 31 heavy (non-hydrogen) atoms. The van der Waals surface area contributed by atoms with Gasteiger partial charge in [0.2, 0.25) is 5.88 Å². The molecule has 2 aromatic rings. The van der Waals surface area contributed by atoms with Crippen LogP contribution in [-0.4, -0.2) is 64.8 Å². The highest BCUT2D eigenvalue weighted by Gasteiger charge is 2.33. The SMILES string of the molecule is CC1CN(S(=O)(=O)Nc2cc(O[C@H](C)[C@@H](O)CO)nc(SCc3ccc(F)cc3)n2)C1. The summed E-state index contributed by atoms with van der Waals surface area (Å²) in [6.07, 6.45) is -1.91. The topological polar surface area (TPSA) is 125 Å². The van der Waals surface area contributed by atoms with Gasteiger partial charge in [-0.15, -0.1) is 0 Å². The summed E-state index contributed by atoms with van der Waals surface area (Å²) >= 11 is 1.22. The second-order valence-corrected chi connectivity index (χ2v) is 10.0. The van der Waals surface area contributed by atoms with E-state index in [0.717, 1.165) is 5.56 Å². The highest BCUT2D eigenvalue weighted by molar-refractivity contribution is 7.98. The first-order chi connectivity index (χ1) is 14.7. The van der Waals surface area contributed by atoms with Gasteiger partial charge in [0, 0.05) is 24.9 Å². The zero-order valence-electron chi connectivity index (χ0n) is 17.1. The lowest BCUT2D eigenvalue weighted by molar-refractivity contribution is 0.00599. The van der Waals surface area contributed by atoms with Gasteiger partial charge in [-0.05, 0) is 30.5 Å². The maximum absolute atomic E-state index is 13.1. The summed E-state index contributed by atoms with van der Waals surface area (Å²) < 4.78 is 47.5. The minimum atomic E-state index is -3.77. The second-order valence-electron chi connectivity index (χ2n) is 7.39. The molecule has 3 N–H and O–H groups in total. The van der Waals surface area contributed by atoms with Crippen LogP contribution in [0.2, 0.25) is 0 Å². The summed E-state index contributed by atoms with van der Waals surface area (Å²) in [6, 6.07) is 7.29. The average Bonchev–Trinajstić information content (AvgIpc) is 2.69. The van der Waals surface area contributed by atoms with E-state index in [4.69, 9.17) is 9.84 Å². The molecule has 2 heterocycles. The normalized spacial score (nSPS) is 17.1. The highest BCUT2D eigenvalue weighted by atomic mass is 32.2. The number of thioether (sulfide) groups is 1. The fourth-order valence-electron chi connectivity index (χ4n) is 2.76. The number of aromatic nitrogens is 2. The molecule has 0 spiro atoms. The molecular formula is C19H25FN4O5S2. The fraction of sp³-hybridized carbons (Fsp3) is 0.474. The van der Waals surface area contributed by atoms with Gasteiger partial charge < -0.3 is 14.9 Å². The summed E-state index contributed by atoms with van der Waals surface area (Å²) in [5.41, 5.74) is 0.835. The number of aliphatic hydroxyl groups is 2. The van der Waals surface area contributed by atoms with Gasteiger partial charge in [0.1, 0.15) is 23.8 Å². The van der Waals surface area contributed by atoms with Crippen LogP contribution in [0.25, 0.3) is 0 Å². The second kappa shape index (κ2) is 10.1. The van der Waals surface area contributed by atoms with Crippen molar-refractivity contribution in [2.75, 3.05) is 24.4 Å². The van der Waals surface area contributed by atoms with E-state index in [0.29, 0.717) is 24.8 Å². The number of aliphatic hydroxyl groups excluding tert-OH is 2. The van der Waals surface area contributed by atoms with Crippen molar-refractivity contribution in [2.45, 2.75) is 37.0 Å². The number of hydrogen-bond donors (Lipinski definition) is 3. The maximum atomic E-state index is 13.1. The minimum Gasteiger partial charge on any atom is -0.472 e. The smallest absolute Gasteiger partial charge is 0.302 e. The van der Waals surface area contributed by atoms with Gasteiger partial charge in [-0.1, -0.05) is 30.8 Å². The number of halogens is 1. The van der Waals surface area contributed by atoms with E-state index in [1.165, 1.54) is 34.3 Å². The summed E-state index contributed by atoms with van der Waals surface area (Å²) in [7, 11) is -3.77. The lowest BCUT2D eigenvalue weighted by atomic mass is 10.1. The van der Waals surface area contributed by atoms with E-state index in [9.17, 15) is 17.9 Å². The van der Waals surface area contributed by atoms with E-state index < -0.39 is 29.0 Å². The standard InChI is InChI=1S/C19H25FN4O5S2/c1-12-8-24(9-12)31(27,28)23-17-7-18(29-13(2)16(26)10-25)22-19(21-17)30-11-14-3-5-15(20)6-4-14/h3-7,12-13,16,25-26H,8-11H2,1-2H3,(H,21,22,23)/t13-,16+/m1/s1. The van der Waals surface area contributed by atoms with E-state index in [2.05, 4.69) is 14.7 Å². The molecule has 0 amide bonds. The van der Waals surface area contributed by atoms with Crippen molar-refractivity contribution in [1.29, 1.82) is 0 Å². The molecule has 9 nitrogen and oxygen atoms in total. The number of hydrogen-bond acceptors (Lipinski definition) is 8. The van der Waals surface area contributed by atoms with Crippen LogP contribution in [0.5, 0.6) is 5.88 Å². The first-order valence-corrected chi connectivity index (χ1v) is 12.1. The summed E-state index contributed by atoms with van der Waals surface area (Å²) in [5.74, 6) is 0.453. The van der Waals surface area contributed by atoms with Crippen LogP contribution < -0.4 is 9.46 Å². The van der Waals surface area contributed by atoms with Crippen molar-refractivity contribution in [3.63, 3.8) is 0 Å². The lowest BCUT2D eigenvalue weighted by Crippen LogP contribution is -2.50. The molecule has 0 aliphatic carbocycles. The predicted octanol–water partition coefficient (Wildman–Crippen LogP) is 1.64. The number of benzene rings is 1. The Balaban J connectivity index is 1.79. The number of nitrogens with one attached hydrogen (secondary N) is 1. The van der Waals surface area contributed by atoms with Gasteiger partial charge in [-0.25, -0.2) is 9.37 Å². The third-order valence-electron chi connectivity index (χ3n) is 4.60. The zero-order chi connectivity index (χ0) is 22.6. The van der Waals surface area contributed by atoms with Crippen molar-refractivity contribution in [1.82, 2.24) is 14.3 Å². The Bertz CT molecular complexity index is 987. The number of nitrogens with zero attached hydrogens (tertiary/aromatic N) is 3. The van der Waals surface area contributed by atoms with Gasteiger partial charge in [0.25, 0.3) is 0 Å². The molecule has 170 valence electrons. The Morgan fingerprint density at radius 1 is 1.32 bits per heavy atom. The minimum absolute atomic E-state index is 0.0249. The van der Waals surface area contributed by atoms with Crippen LogP contribution in [0.3, 0.4) is 0 Å². The number of anilines is 1. The third-order valence-corrected chi connectivity index (χ3v) is 6.97. The van der Waals surface area contributed by atoms with E-state index >= 15 is 0 Å². The van der Waals surface area contributed by atoms with E-state index in [-0.39, 0.29) is 22.7 Å². The Hall–Kier alpha value is -1.99. The highest BCUT2D eigenvalue weighted by Crippen LogP contribution is 2.27. The Kier molecular flexibility index (Phi) is 7.70. The van der Waals surface area contributed by atoms with E-state index in [1.807, 2.05) is 6.92 Å². The molecular weight excluding hydrogens is 447 g/mol. The molecule has 1 aromatic carbocycles. The molecule has 12 heteroatoms. The fourth-order valence-corrected chi connectivity index (χ4v) is 4.97. The first-order valence-electron chi connectivity index (χ1n) is 9.66.